The van der Waals surface area contributed by atoms with Gasteiger partial charge < -0.3 is 4.98 Å². The van der Waals surface area contributed by atoms with E-state index < -0.39 is 0 Å². The van der Waals surface area contributed by atoms with Crippen LogP contribution < -0.4 is 0 Å². The minimum absolute atomic E-state index is 0.355. The van der Waals surface area contributed by atoms with E-state index in [4.69, 9.17) is 11.6 Å². The van der Waals surface area contributed by atoms with Crippen LogP contribution in [0.3, 0.4) is 0 Å². The first-order chi connectivity index (χ1) is 18.6. The van der Waals surface area contributed by atoms with Crippen LogP contribution in [0.5, 0.6) is 0 Å². The van der Waals surface area contributed by atoms with Crippen LogP contribution in [0.15, 0.2) is 71.4 Å². The third-order valence-electron chi connectivity index (χ3n) is 6.75. The molecule has 0 aliphatic heterocycles. The highest BCUT2D eigenvalue weighted by Crippen LogP contribution is 2.34. The highest BCUT2D eigenvalue weighted by molar-refractivity contribution is 6.31. The fraction of sp³-hybridized carbons (Fsp3) is 0.472. The Balaban J connectivity index is 0.000000395. The van der Waals surface area contributed by atoms with Gasteiger partial charge in [-0.05, 0) is 89.1 Å². The lowest BCUT2D eigenvalue weighted by atomic mass is 9.92. The Morgan fingerprint density at radius 1 is 1.00 bits per heavy atom. The fourth-order valence-electron chi connectivity index (χ4n) is 4.40. The summed E-state index contributed by atoms with van der Waals surface area (Å²) in [5.74, 6) is 0.355. The maximum atomic E-state index is 6.23. The molecule has 0 spiro atoms. The number of nitrogens with zero attached hydrogens (tertiary/aromatic N) is 1. The molecule has 0 fully saturated rings. The molecule has 3 aromatic rings. The van der Waals surface area contributed by atoms with Gasteiger partial charge in [-0.1, -0.05) is 101 Å². The van der Waals surface area contributed by atoms with Crippen LogP contribution in [-0.4, -0.2) is 10.7 Å². The highest BCUT2D eigenvalue weighted by atomic mass is 35.5. The van der Waals surface area contributed by atoms with Gasteiger partial charge in [0, 0.05) is 38.9 Å². The fourth-order valence-corrected chi connectivity index (χ4v) is 4.58. The minimum Gasteiger partial charge on any atom is -0.358 e. The normalized spacial score (nSPS) is 12.4. The lowest BCUT2D eigenvalue weighted by Crippen LogP contribution is -2.01. The molecule has 0 saturated heterocycles. The number of aliphatic imine (C=N–C) groups is 1. The van der Waals surface area contributed by atoms with Gasteiger partial charge in [-0.2, -0.15) is 0 Å². The molecule has 0 unspecified atom stereocenters. The Bertz CT molecular complexity index is 1190. The Hall–Kier alpha value is -2.58. The monoisotopic (exact) mass is 548 g/mol. The summed E-state index contributed by atoms with van der Waals surface area (Å²) in [4.78, 5) is 8.02. The molecule has 0 saturated carbocycles. The number of unbranched alkanes of at least 4 members (excludes halogenated alkanes) is 1. The van der Waals surface area contributed by atoms with E-state index in [-0.39, 0.29) is 0 Å². The van der Waals surface area contributed by atoms with Crippen molar-refractivity contribution in [1.82, 2.24) is 4.98 Å². The number of benzene rings is 2. The van der Waals surface area contributed by atoms with Crippen molar-refractivity contribution in [3.63, 3.8) is 0 Å². The van der Waals surface area contributed by atoms with E-state index in [2.05, 4.69) is 114 Å². The van der Waals surface area contributed by atoms with Gasteiger partial charge in [0.05, 0.1) is 0 Å². The summed E-state index contributed by atoms with van der Waals surface area (Å²) in [5.41, 5.74) is 10.2. The SMILES string of the molecule is C=C(C)CCC.CC/C=C(\C)N=C(C)CC.CCCCc1c([C@@H](C)c2ccc(C)cc2)[nH]c2ccc(Cl)cc12. The molecular weight excluding hydrogens is 496 g/mol. The number of aryl methyl sites for hydroxylation is 2. The third kappa shape index (κ3) is 12.4. The van der Waals surface area contributed by atoms with Gasteiger partial charge in [-0.15, -0.1) is 6.58 Å². The molecule has 0 bridgehead atoms. The van der Waals surface area contributed by atoms with Gasteiger partial charge in [0.1, 0.15) is 0 Å². The maximum Gasteiger partial charge on any atom is 0.0460 e. The number of allylic oxidation sites excluding steroid dienone is 3. The first-order valence-electron chi connectivity index (χ1n) is 14.8. The van der Waals surface area contributed by atoms with Crippen LogP contribution in [0.2, 0.25) is 5.02 Å². The molecule has 0 aliphatic rings. The summed E-state index contributed by atoms with van der Waals surface area (Å²) in [6.07, 6.45) is 10.2. The van der Waals surface area contributed by atoms with Crippen molar-refractivity contribution < 1.29 is 0 Å². The zero-order valence-electron chi connectivity index (χ0n) is 26.2. The standard InChI is InChI=1S/C21H24ClN.C9H17N.C6H12/c1-4-5-6-18-19-13-17(22)11-12-20(19)23-21(18)15(3)16-9-7-14(2)8-10-16;1-5-7-9(4)10-8(3)6-2;1-4-5-6(2)3/h7-13,15,23H,4-6H2,1-3H3;7H,5-6H2,1-4H3;2,4-5H2,1,3H3/b;9-7+,10-8?;/t15-;;/m0../s1. The molecule has 2 aromatic carbocycles. The van der Waals surface area contributed by atoms with E-state index in [0.717, 1.165) is 30.0 Å². The van der Waals surface area contributed by atoms with Gasteiger partial charge >= 0.3 is 0 Å². The summed E-state index contributed by atoms with van der Waals surface area (Å²) in [6, 6.07) is 15.0. The van der Waals surface area contributed by atoms with Gasteiger partial charge in [0.25, 0.3) is 0 Å². The van der Waals surface area contributed by atoms with Crippen LogP contribution >= 0.6 is 11.6 Å². The summed E-state index contributed by atoms with van der Waals surface area (Å²) in [5, 5.41) is 2.09. The number of nitrogens with one attached hydrogen (secondary N) is 1. The Morgan fingerprint density at radius 3 is 2.18 bits per heavy atom. The number of hydrogen-bond acceptors (Lipinski definition) is 1. The Labute approximate surface area is 244 Å². The second-order valence-corrected chi connectivity index (χ2v) is 11.0. The molecule has 0 amide bonds. The molecule has 2 nitrogen and oxygen atoms in total. The minimum atomic E-state index is 0.355. The Morgan fingerprint density at radius 2 is 1.67 bits per heavy atom. The second-order valence-electron chi connectivity index (χ2n) is 10.6. The van der Waals surface area contributed by atoms with Crippen molar-refractivity contribution in [2.75, 3.05) is 0 Å². The zero-order valence-corrected chi connectivity index (χ0v) is 26.9. The van der Waals surface area contributed by atoms with Crippen molar-refractivity contribution in [3.05, 3.63) is 93.8 Å². The molecule has 1 heterocycles. The van der Waals surface area contributed by atoms with Crippen molar-refractivity contribution in [2.45, 2.75) is 113 Å². The second kappa shape index (κ2) is 18.7. The number of halogens is 1. The van der Waals surface area contributed by atoms with Crippen LogP contribution in [-0.2, 0) is 6.42 Å². The summed E-state index contributed by atoms with van der Waals surface area (Å²) >= 11 is 6.23. The van der Waals surface area contributed by atoms with Crippen molar-refractivity contribution in [3.8, 4) is 0 Å². The van der Waals surface area contributed by atoms with Crippen molar-refractivity contribution >= 4 is 28.2 Å². The topological polar surface area (TPSA) is 28.1 Å². The van der Waals surface area contributed by atoms with Gasteiger partial charge in [-0.25, -0.2) is 0 Å². The maximum absolute atomic E-state index is 6.23. The number of aromatic nitrogens is 1. The third-order valence-corrected chi connectivity index (χ3v) is 6.98. The molecule has 214 valence electrons. The molecular formula is C36H53ClN2. The van der Waals surface area contributed by atoms with Crippen LogP contribution in [0.1, 0.15) is 122 Å². The predicted molar refractivity (Wildman–Crippen MR) is 178 cm³/mol. The number of rotatable bonds is 10. The van der Waals surface area contributed by atoms with E-state index >= 15 is 0 Å². The first kappa shape index (κ1) is 34.4. The zero-order chi connectivity index (χ0) is 29.4. The Kier molecular flexibility index (Phi) is 16.5. The molecule has 39 heavy (non-hydrogen) atoms. The summed E-state index contributed by atoms with van der Waals surface area (Å²) in [6.45, 7) is 23.0. The average Bonchev–Trinajstić information content (AvgIpc) is 3.25. The van der Waals surface area contributed by atoms with Crippen LogP contribution in [0, 0.1) is 6.92 Å². The largest absolute Gasteiger partial charge is 0.358 e. The summed E-state index contributed by atoms with van der Waals surface area (Å²) in [7, 11) is 0. The van der Waals surface area contributed by atoms with E-state index in [1.807, 2.05) is 13.0 Å². The van der Waals surface area contributed by atoms with Crippen molar-refractivity contribution in [1.29, 1.82) is 0 Å². The number of H-pyrrole nitrogens is 1. The van der Waals surface area contributed by atoms with Crippen LogP contribution in [0.4, 0.5) is 0 Å². The quantitative estimate of drug-likeness (QED) is 0.193. The summed E-state index contributed by atoms with van der Waals surface area (Å²) < 4.78 is 0. The van der Waals surface area contributed by atoms with Crippen LogP contribution in [0.25, 0.3) is 10.9 Å². The first-order valence-corrected chi connectivity index (χ1v) is 15.2. The number of aromatic amines is 1. The molecule has 3 rings (SSSR count). The molecule has 1 aromatic heterocycles. The van der Waals surface area contributed by atoms with E-state index in [0.29, 0.717) is 5.92 Å². The highest BCUT2D eigenvalue weighted by Gasteiger charge is 2.18. The molecule has 3 heteroatoms. The lowest BCUT2D eigenvalue weighted by molar-refractivity contribution is 0.775. The predicted octanol–water partition coefficient (Wildman–Crippen LogP) is 12.2. The molecule has 0 radical (unpaired) electrons. The number of fused-ring (bicyclic) bond motifs is 1. The molecule has 0 aliphatic carbocycles. The molecule has 1 N–H and O–H groups in total. The van der Waals surface area contributed by atoms with Gasteiger partial charge in [0.2, 0.25) is 0 Å². The number of hydrogen-bond donors (Lipinski definition) is 1. The van der Waals surface area contributed by atoms with E-state index in [9.17, 15) is 0 Å². The molecule has 1 atom stereocenters. The van der Waals surface area contributed by atoms with Crippen molar-refractivity contribution in [2.24, 2.45) is 4.99 Å². The van der Waals surface area contributed by atoms with E-state index in [1.165, 1.54) is 70.3 Å². The average molecular weight is 549 g/mol. The van der Waals surface area contributed by atoms with Gasteiger partial charge in [-0.3, -0.25) is 4.99 Å². The smallest absolute Gasteiger partial charge is 0.0460 e. The lowest BCUT2D eigenvalue weighted by Gasteiger charge is -2.14. The van der Waals surface area contributed by atoms with E-state index in [1.54, 1.807) is 0 Å². The van der Waals surface area contributed by atoms with Gasteiger partial charge in [0.15, 0.2) is 0 Å².